The Morgan fingerprint density at radius 3 is 2.81 bits per heavy atom. The van der Waals surface area contributed by atoms with Crippen molar-refractivity contribution in [2.75, 3.05) is 0 Å². The van der Waals surface area contributed by atoms with Gasteiger partial charge in [0.2, 0.25) is 0 Å². The molecule has 27 heavy (non-hydrogen) atoms. The van der Waals surface area contributed by atoms with Crippen LogP contribution in [0.5, 0.6) is 0 Å². The van der Waals surface area contributed by atoms with Crippen LogP contribution in [0.3, 0.4) is 0 Å². The van der Waals surface area contributed by atoms with E-state index in [2.05, 4.69) is 15.1 Å². The highest BCUT2D eigenvalue weighted by molar-refractivity contribution is 5.84. The Morgan fingerprint density at radius 1 is 1.11 bits per heavy atom. The molecule has 4 aromatic rings. The van der Waals surface area contributed by atoms with Crippen molar-refractivity contribution < 1.29 is 5.11 Å². The van der Waals surface area contributed by atoms with E-state index in [1.807, 2.05) is 43.3 Å². The zero-order valence-corrected chi connectivity index (χ0v) is 14.9. The molecule has 0 bridgehead atoms. The summed E-state index contributed by atoms with van der Waals surface area (Å²) < 4.78 is 1.71. The Hall–Kier alpha value is -3.16. The number of fused-ring (bicyclic) bond motifs is 1. The van der Waals surface area contributed by atoms with Gasteiger partial charge in [-0.1, -0.05) is 25.1 Å². The van der Waals surface area contributed by atoms with Crippen molar-refractivity contribution in [3.05, 3.63) is 66.4 Å². The molecule has 0 radical (unpaired) electrons. The SMILES string of the molecule is CCC(N)c1cccc(-c2ccc3cnn(-c4cncc(CO)n4)c3c2)n1. The Kier molecular flexibility index (Phi) is 4.62. The maximum atomic E-state index is 9.31. The minimum absolute atomic E-state index is 0.0734. The van der Waals surface area contributed by atoms with E-state index in [-0.39, 0.29) is 12.6 Å². The molecule has 0 spiro atoms. The fourth-order valence-electron chi connectivity index (χ4n) is 2.96. The van der Waals surface area contributed by atoms with Gasteiger partial charge >= 0.3 is 0 Å². The van der Waals surface area contributed by atoms with Crippen molar-refractivity contribution in [1.82, 2.24) is 24.7 Å². The minimum Gasteiger partial charge on any atom is -0.390 e. The summed E-state index contributed by atoms with van der Waals surface area (Å²) in [6.07, 6.45) is 5.77. The smallest absolute Gasteiger partial charge is 0.172 e. The van der Waals surface area contributed by atoms with Crippen LogP contribution in [0.1, 0.15) is 30.8 Å². The number of hydrogen-bond donors (Lipinski definition) is 2. The Bertz CT molecular complexity index is 1090. The molecule has 0 saturated carbocycles. The normalized spacial score (nSPS) is 12.4. The molecule has 0 aliphatic carbocycles. The van der Waals surface area contributed by atoms with E-state index < -0.39 is 0 Å². The first-order valence-corrected chi connectivity index (χ1v) is 8.82. The first kappa shape index (κ1) is 17.3. The standard InChI is InChI=1S/C20H20N6O/c1-2-16(21)18-5-3-4-17(25-18)13-6-7-14-9-23-26(19(14)8-13)20-11-22-10-15(12-27)24-20/h3-11,16,27H,2,12,21H2,1H3. The van der Waals surface area contributed by atoms with Crippen LogP contribution >= 0.6 is 0 Å². The molecule has 4 rings (SSSR count). The third-order valence-corrected chi connectivity index (χ3v) is 4.51. The van der Waals surface area contributed by atoms with Crippen LogP contribution in [0.15, 0.2) is 55.0 Å². The average Bonchev–Trinajstić information content (AvgIpc) is 3.16. The summed E-state index contributed by atoms with van der Waals surface area (Å²) in [5, 5.41) is 14.7. The van der Waals surface area contributed by atoms with E-state index in [1.54, 1.807) is 17.1 Å². The molecule has 136 valence electrons. The van der Waals surface area contributed by atoms with Gasteiger partial charge in [0, 0.05) is 17.0 Å². The maximum absolute atomic E-state index is 9.31. The summed E-state index contributed by atoms with van der Waals surface area (Å²) in [5.74, 6) is 0.559. The molecule has 1 aromatic carbocycles. The molecule has 0 aliphatic heterocycles. The van der Waals surface area contributed by atoms with Crippen molar-refractivity contribution in [1.29, 1.82) is 0 Å². The third kappa shape index (κ3) is 3.30. The lowest BCUT2D eigenvalue weighted by Crippen LogP contribution is -2.10. The van der Waals surface area contributed by atoms with Gasteiger partial charge < -0.3 is 10.8 Å². The van der Waals surface area contributed by atoms with Gasteiger partial charge in [-0.25, -0.2) is 9.67 Å². The minimum atomic E-state index is -0.167. The van der Waals surface area contributed by atoms with Gasteiger partial charge in [-0.15, -0.1) is 0 Å². The monoisotopic (exact) mass is 360 g/mol. The van der Waals surface area contributed by atoms with Crippen molar-refractivity contribution in [2.45, 2.75) is 26.0 Å². The molecule has 0 amide bonds. The summed E-state index contributed by atoms with van der Waals surface area (Å²) in [6, 6.07) is 11.9. The van der Waals surface area contributed by atoms with Crippen LogP contribution in [0.4, 0.5) is 0 Å². The molecule has 3 heterocycles. The Labute approximate surface area is 156 Å². The topological polar surface area (TPSA) is 103 Å². The summed E-state index contributed by atoms with van der Waals surface area (Å²) in [6.45, 7) is 1.88. The molecule has 1 atom stereocenters. The summed E-state index contributed by atoms with van der Waals surface area (Å²) >= 11 is 0. The first-order valence-electron chi connectivity index (χ1n) is 8.82. The molecule has 3 N–H and O–H groups in total. The highest BCUT2D eigenvalue weighted by atomic mass is 16.3. The number of benzene rings is 1. The summed E-state index contributed by atoms with van der Waals surface area (Å²) in [5.41, 5.74) is 10.2. The highest BCUT2D eigenvalue weighted by Gasteiger charge is 2.11. The molecule has 7 nitrogen and oxygen atoms in total. The summed E-state index contributed by atoms with van der Waals surface area (Å²) in [7, 11) is 0. The average molecular weight is 360 g/mol. The Morgan fingerprint density at radius 2 is 2.00 bits per heavy atom. The van der Waals surface area contributed by atoms with E-state index in [0.717, 1.165) is 34.3 Å². The van der Waals surface area contributed by atoms with Crippen molar-refractivity contribution in [3.8, 4) is 17.1 Å². The van der Waals surface area contributed by atoms with Gasteiger partial charge in [-0.3, -0.25) is 9.97 Å². The van der Waals surface area contributed by atoms with Gasteiger partial charge in [0.25, 0.3) is 0 Å². The lowest BCUT2D eigenvalue weighted by Gasteiger charge is -2.10. The first-order chi connectivity index (χ1) is 13.2. The van der Waals surface area contributed by atoms with Crippen LogP contribution in [0, 0.1) is 0 Å². The molecule has 3 aromatic heterocycles. The van der Waals surface area contributed by atoms with Gasteiger partial charge in [-0.05, 0) is 24.6 Å². The van der Waals surface area contributed by atoms with E-state index in [1.165, 1.54) is 6.20 Å². The number of rotatable bonds is 5. The fraction of sp³-hybridized carbons (Fsp3) is 0.200. The number of aromatic nitrogens is 5. The van der Waals surface area contributed by atoms with Crippen LogP contribution in [-0.2, 0) is 6.61 Å². The molecular formula is C20H20N6O. The number of pyridine rings is 1. The molecule has 7 heteroatoms. The van der Waals surface area contributed by atoms with Gasteiger partial charge in [0.05, 0.1) is 47.8 Å². The van der Waals surface area contributed by atoms with Gasteiger partial charge in [-0.2, -0.15) is 5.10 Å². The number of aliphatic hydroxyl groups is 1. The van der Waals surface area contributed by atoms with Crippen LogP contribution in [0.2, 0.25) is 0 Å². The third-order valence-electron chi connectivity index (χ3n) is 4.51. The second-order valence-electron chi connectivity index (χ2n) is 6.32. The predicted octanol–water partition coefficient (Wildman–Crippen LogP) is 2.78. The van der Waals surface area contributed by atoms with Gasteiger partial charge in [0.15, 0.2) is 5.82 Å². The van der Waals surface area contributed by atoms with Crippen LogP contribution < -0.4 is 5.73 Å². The second kappa shape index (κ2) is 7.22. The fourth-order valence-corrected chi connectivity index (χ4v) is 2.96. The van der Waals surface area contributed by atoms with Crippen molar-refractivity contribution in [2.24, 2.45) is 5.73 Å². The Balaban J connectivity index is 1.80. The molecule has 0 aliphatic rings. The van der Waals surface area contributed by atoms with Crippen molar-refractivity contribution >= 4 is 10.9 Å². The number of nitrogens with zero attached hydrogens (tertiary/aromatic N) is 5. The quantitative estimate of drug-likeness (QED) is 0.567. The van der Waals surface area contributed by atoms with E-state index in [4.69, 9.17) is 10.7 Å². The second-order valence-corrected chi connectivity index (χ2v) is 6.32. The largest absolute Gasteiger partial charge is 0.390 e. The number of aliphatic hydroxyl groups excluding tert-OH is 1. The molecule has 0 fully saturated rings. The highest BCUT2D eigenvalue weighted by Crippen LogP contribution is 2.25. The van der Waals surface area contributed by atoms with E-state index in [0.29, 0.717) is 11.5 Å². The summed E-state index contributed by atoms with van der Waals surface area (Å²) in [4.78, 5) is 13.2. The van der Waals surface area contributed by atoms with Crippen LogP contribution in [0.25, 0.3) is 28.0 Å². The van der Waals surface area contributed by atoms with Crippen LogP contribution in [-0.4, -0.2) is 29.8 Å². The molecule has 1 unspecified atom stereocenters. The van der Waals surface area contributed by atoms with Gasteiger partial charge in [0.1, 0.15) is 0 Å². The predicted molar refractivity (Wildman–Crippen MR) is 103 cm³/mol. The number of nitrogens with two attached hydrogens (primary N) is 1. The lowest BCUT2D eigenvalue weighted by molar-refractivity contribution is 0.276. The molecular weight excluding hydrogens is 340 g/mol. The van der Waals surface area contributed by atoms with E-state index >= 15 is 0 Å². The zero-order valence-electron chi connectivity index (χ0n) is 14.9. The number of hydrogen-bond acceptors (Lipinski definition) is 6. The van der Waals surface area contributed by atoms with Crippen molar-refractivity contribution in [3.63, 3.8) is 0 Å². The maximum Gasteiger partial charge on any atom is 0.172 e. The van der Waals surface area contributed by atoms with E-state index in [9.17, 15) is 5.11 Å². The lowest BCUT2D eigenvalue weighted by atomic mass is 10.1. The molecule has 0 saturated heterocycles. The zero-order chi connectivity index (χ0) is 18.8.